The van der Waals surface area contributed by atoms with E-state index >= 15 is 0 Å². The number of nitrogens with zero attached hydrogens (tertiary/aromatic N) is 1. The van der Waals surface area contributed by atoms with Gasteiger partial charge in [-0.25, -0.2) is 0 Å². The first kappa shape index (κ1) is 11.4. The van der Waals surface area contributed by atoms with Crippen molar-refractivity contribution in [1.29, 1.82) is 0 Å². The molecule has 0 aliphatic heterocycles. The quantitative estimate of drug-likeness (QED) is 0.560. The average molecular weight is 257 g/mol. The van der Waals surface area contributed by atoms with E-state index < -0.39 is 0 Å². The molecule has 20 heavy (non-hydrogen) atoms. The van der Waals surface area contributed by atoms with E-state index in [0.29, 0.717) is 5.92 Å². The summed E-state index contributed by atoms with van der Waals surface area (Å²) >= 11 is 0. The van der Waals surface area contributed by atoms with Crippen LogP contribution in [0.4, 0.5) is 0 Å². The molecule has 3 aromatic rings. The Labute approximate surface area is 118 Å². The molecular formula is C19H15N. The van der Waals surface area contributed by atoms with Gasteiger partial charge in [0.2, 0.25) is 0 Å². The van der Waals surface area contributed by atoms with Crippen LogP contribution < -0.4 is 0 Å². The summed E-state index contributed by atoms with van der Waals surface area (Å²) in [5, 5.41) is 5.17. The van der Waals surface area contributed by atoms with Gasteiger partial charge in [0.25, 0.3) is 0 Å². The van der Waals surface area contributed by atoms with Crippen molar-refractivity contribution >= 4 is 21.5 Å². The van der Waals surface area contributed by atoms with Crippen LogP contribution in [-0.4, -0.2) is 4.98 Å². The van der Waals surface area contributed by atoms with Gasteiger partial charge >= 0.3 is 0 Å². The lowest BCUT2D eigenvalue weighted by atomic mass is 9.92. The summed E-state index contributed by atoms with van der Waals surface area (Å²) in [6, 6.07) is 15.1. The maximum Gasteiger partial charge on any atom is 0.0553 e. The van der Waals surface area contributed by atoms with E-state index in [1.165, 1.54) is 27.2 Å². The fourth-order valence-corrected chi connectivity index (χ4v) is 3.04. The van der Waals surface area contributed by atoms with Crippen molar-refractivity contribution in [1.82, 2.24) is 4.98 Å². The molecule has 1 nitrogen and oxygen atoms in total. The standard InChI is InChI=1S/C19H15N/c1-2-7-15(8-3-1)19-18-11-10-14-6-4-5-9-16(14)17(18)12-13-20-19/h1-7,9-13,15H,8H2. The minimum Gasteiger partial charge on any atom is -0.260 e. The van der Waals surface area contributed by atoms with E-state index in [1.807, 2.05) is 6.20 Å². The van der Waals surface area contributed by atoms with Crippen molar-refractivity contribution in [2.75, 3.05) is 0 Å². The Kier molecular flexibility index (Phi) is 2.63. The lowest BCUT2D eigenvalue weighted by molar-refractivity contribution is 0.826. The molecule has 1 heteroatoms. The first-order valence-electron chi connectivity index (χ1n) is 7.03. The van der Waals surface area contributed by atoms with Gasteiger partial charge in [-0.05, 0) is 28.6 Å². The second-order valence-electron chi connectivity index (χ2n) is 5.23. The molecule has 0 N–H and O–H groups in total. The highest BCUT2D eigenvalue weighted by Gasteiger charge is 2.14. The van der Waals surface area contributed by atoms with Crippen LogP contribution in [0.2, 0.25) is 0 Å². The van der Waals surface area contributed by atoms with Crippen LogP contribution in [0.15, 0.2) is 73.0 Å². The number of aromatic nitrogens is 1. The molecule has 0 spiro atoms. The van der Waals surface area contributed by atoms with Crippen LogP contribution in [0.3, 0.4) is 0 Å². The molecule has 0 bridgehead atoms. The molecular weight excluding hydrogens is 242 g/mol. The van der Waals surface area contributed by atoms with Gasteiger partial charge in [0.15, 0.2) is 0 Å². The first-order valence-corrected chi connectivity index (χ1v) is 7.03. The minimum absolute atomic E-state index is 0.393. The Bertz CT molecular complexity index is 843. The molecule has 4 rings (SSSR count). The van der Waals surface area contributed by atoms with Crippen LogP contribution in [0, 0.1) is 0 Å². The van der Waals surface area contributed by atoms with Crippen LogP contribution in [0.25, 0.3) is 21.5 Å². The fraction of sp³-hybridized carbons (Fsp3) is 0.105. The van der Waals surface area contributed by atoms with Crippen LogP contribution >= 0.6 is 0 Å². The zero-order chi connectivity index (χ0) is 13.4. The topological polar surface area (TPSA) is 12.9 Å². The van der Waals surface area contributed by atoms with Crippen LogP contribution in [0.1, 0.15) is 18.0 Å². The van der Waals surface area contributed by atoms with Gasteiger partial charge in [0.05, 0.1) is 5.69 Å². The molecule has 1 atom stereocenters. The molecule has 1 aromatic heterocycles. The Morgan fingerprint density at radius 3 is 2.70 bits per heavy atom. The number of fused-ring (bicyclic) bond motifs is 3. The first-order chi connectivity index (χ1) is 9.93. The summed E-state index contributed by atoms with van der Waals surface area (Å²) < 4.78 is 0. The molecule has 0 saturated heterocycles. The zero-order valence-electron chi connectivity index (χ0n) is 11.2. The molecule has 1 aliphatic rings. The molecule has 0 fully saturated rings. The second-order valence-corrected chi connectivity index (χ2v) is 5.23. The molecule has 0 saturated carbocycles. The maximum atomic E-state index is 4.65. The lowest BCUT2D eigenvalue weighted by Crippen LogP contribution is -2.00. The third-order valence-corrected chi connectivity index (χ3v) is 4.03. The van der Waals surface area contributed by atoms with Gasteiger partial charge in [-0.2, -0.15) is 0 Å². The normalized spacial score (nSPS) is 17.9. The summed E-state index contributed by atoms with van der Waals surface area (Å²) in [4.78, 5) is 4.65. The lowest BCUT2D eigenvalue weighted by Gasteiger charge is -2.15. The minimum atomic E-state index is 0.393. The molecule has 1 aliphatic carbocycles. The number of pyridine rings is 1. The number of hydrogen-bond donors (Lipinski definition) is 0. The maximum absolute atomic E-state index is 4.65. The Balaban J connectivity index is 2.01. The van der Waals surface area contributed by atoms with Crippen molar-refractivity contribution < 1.29 is 0 Å². The molecule has 0 amide bonds. The number of hydrogen-bond acceptors (Lipinski definition) is 1. The Morgan fingerprint density at radius 2 is 1.80 bits per heavy atom. The third-order valence-electron chi connectivity index (χ3n) is 4.03. The zero-order valence-corrected chi connectivity index (χ0v) is 11.2. The van der Waals surface area contributed by atoms with Gasteiger partial charge in [-0.1, -0.05) is 60.7 Å². The van der Waals surface area contributed by atoms with Gasteiger partial charge in [0, 0.05) is 17.5 Å². The van der Waals surface area contributed by atoms with Crippen molar-refractivity contribution in [3.63, 3.8) is 0 Å². The highest BCUT2D eigenvalue weighted by atomic mass is 14.7. The average Bonchev–Trinajstić information content (AvgIpc) is 2.55. The van der Waals surface area contributed by atoms with Crippen molar-refractivity contribution in [3.05, 3.63) is 78.7 Å². The monoisotopic (exact) mass is 257 g/mol. The summed E-state index contributed by atoms with van der Waals surface area (Å²) in [6.45, 7) is 0. The summed E-state index contributed by atoms with van der Waals surface area (Å²) in [6.07, 6.45) is 11.7. The van der Waals surface area contributed by atoms with Crippen LogP contribution in [-0.2, 0) is 0 Å². The number of benzene rings is 2. The number of allylic oxidation sites excluding steroid dienone is 4. The molecule has 0 radical (unpaired) electrons. The van der Waals surface area contributed by atoms with E-state index in [0.717, 1.165) is 6.42 Å². The van der Waals surface area contributed by atoms with Crippen LogP contribution in [0.5, 0.6) is 0 Å². The SMILES string of the molecule is C1=CCC(c2nccc3c2ccc2ccccc23)C=C1. The van der Waals surface area contributed by atoms with Gasteiger partial charge < -0.3 is 0 Å². The summed E-state index contributed by atoms with van der Waals surface area (Å²) in [5.41, 5.74) is 1.19. The predicted molar refractivity (Wildman–Crippen MR) is 84.9 cm³/mol. The van der Waals surface area contributed by atoms with E-state index in [2.05, 4.69) is 71.8 Å². The molecule has 2 aromatic carbocycles. The summed E-state index contributed by atoms with van der Waals surface area (Å²) in [5.74, 6) is 0.393. The molecule has 1 unspecified atom stereocenters. The number of rotatable bonds is 1. The second kappa shape index (κ2) is 4.61. The molecule has 96 valence electrons. The van der Waals surface area contributed by atoms with E-state index in [1.54, 1.807) is 0 Å². The van der Waals surface area contributed by atoms with E-state index in [-0.39, 0.29) is 0 Å². The van der Waals surface area contributed by atoms with Crippen molar-refractivity contribution in [2.45, 2.75) is 12.3 Å². The van der Waals surface area contributed by atoms with E-state index in [4.69, 9.17) is 0 Å². The largest absolute Gasteiger partial charge is 0.260 e. The smallest absolute Gasteiger partial charge is 0.0553 e. The van der Waals surface area contributed by atoms with Gasteiger partial charge in [0.1, 0.15) is 0 Å². The van der Waals surface area contributed by atoms with Crippen molar-refractivity contribution in [3.8, 4) is 0 Å². The van der Waals surface area contributed by atoms with Gasteiger partial charge in [-0.15, -0.1) is 0 Å². The Morgan fingerprint density at radius 1 is 0.850 bits per heavy atom. The summed E-state index contributed by atoms with van der Waals surface area (Å²) in [7, 11) is 0. The highest BCUT2D eigenvalue weighted by molar-refractivity contribution is 6.08. The molecule has 1 heterocycles. The van der Waals surface area contributed by atoms with Crippen molar-refractivity contribution in [2.24, 2.45) is 0 Å². The predicted octanol–water partition coefficient (Wildman–Crippen LogP) is 4.99. The third kappa shape index (κ3) is 1.75. The van der Waals surface area contributed by atoms with E-state index in [9.17, 15) is 0 Å². The Hall–Kier alpha value is -2.41. The van der Waals surface area contributed by atoms with Gasteiger partial charge in [-0.3, -0.25) is 4.98 Å². The fourth-order valence-electron chi connectivity index (χ4n) is 3.04. The highest BCUT2D eigenvalue weighted by Crippen LogP contribution is 2.32.